The highest BCUT2D eigenvalue weighted by Gasteiger charge is 2.33. The number of aromatic nitrogens is 2. The number of nitriles is 1. The Morgan fingerprint density at radius 2 is 2.25 bits per heavy atom. The number of halogens is 1. The maximum Gasteiger partial charge on any atom is 0.246 e. The summed E-state index contributed by atoms with van der Waals surface area (Å²) in [6.07, 6.45) is 2.91. The minimum atomic E-state index is -4.01. The Labute approximate surface area is 138 Å². The fourth-order valence-electron chi connectivity index (χ4n) is 2.57. The summed E-state index contributed by atoms with van der Waals surface area (Å²) in [6.45, 7) is 0.419. The average Bonchev–Trinajstić information content (AvgIpc) is 3.01. The lowest BCUT2D eigenvalue weighted by Gasteiger charge is -2.31. The van der Waals surface area contributed by atoms with Crippen molar-refractivity contribution in [3.63, 3.8) is 0 Å². The molecule has 1 atom stereocenters. The van der Waals surface area contributed by atoms with Crippen molar-refractivity contribution in [2.75, 3.05) is 19.7 Å². The van der Waals surface area contributed by atoms with Crippen LogP contribution in [0, 0.1) is 17.1 Å². The van der Waals surface area contributed by atoms with E-state index >= 15 is 0 Å². The van der Waals surface area contributed by atoms with Gasteiger partial charge in [0.2, 0.25) is 10.0 Å². The summed E-state index contributed by atoms with van der Waals surface area (Å²) < 4.78 is 47.9. The molecule has 1 aliphatic heterocycles. The Bertz CT molecular complexity index is 904. The molecule has 0 saturated carbocycles. The van der Waals surface area contributed by atoms with Crippen molar-refractivity contribution >= 4 is 10.0 Å². The zero-order valence-corrected chi connectivity index (χ0v) is 13.7. The van der Waals surface area contributed by atoms with Crippen molar-refractivity contribution in [3.05, 3.63) is 47.5 Å². The Morgan fingerprint density at radius 1 is 1.46 bits per heavy atom. The van der Waals surface area contributed by atoms with Crippen molar-refractivity contribution < 1.29 is 17.5 Å². The molecule has 126 valence electrons. The molecule has 2 aromatic rings. The number of sulfonamides is 1. The van der Waals surface area contributed by atoms with Crippen molar-refractivity contribution in [3.8, 4) is 6.07 Å². The quantitative estimate of drug-likeness (QED) is 0.830. The highest BCUT2D eigenvalue weighted by Crippen LogP contribution is 2.27. The van der Waals surface area contributed by atoms with E-state index in [1.807, 2.05) is 0 Å². The lowest BCUT2D eigenvalue weighted by Crippen LogP contribution is -2.42. The van der Waals surface area contributed by atoms with E-state index in [1.54, 1.807) is 30.2 Å². The Kier molecular flexibility index (Phi) is 4.36. The molecular formula is C15H15FN4O3S. The predicted octanol–water partition coefficient (Wildman–Crippen LogP) is 1.19. The molecule has 1 fully saturated rings. The Hall–Kier alpha value is -2.28. The van der Waals surface area contributed by atoms with Gasteiger partial charge in [0.1, 0.15) is 10.7 Å². The molecule has 1 aromatic carbocycles. The van der Waals surface area contributed by atoms with Gasteiger partial charge in [-0.1, -0.05) is 0 Å². The minimum Gasteiger partial charge on any atom is -0.371 e. The van der Waals surface area contributed by atoms with Crippen LogP contribution in [-0.4, -0.2) is 42.2 Å². The van der Waals surface area contributed by atoms with Crippen LogP contribution in [0.2, 0.25) is 0 Å². The first-order valence-electron chi connectivity index (χ1n) is 7.22. The molecule has 7 nitrogen and oxygen atoms in total. The number of morpholine rings is 1. The molecule has 3 rings (SSSR count). The normalized spacial score (nSPS) is 19.1. The van der Waals surface area contributed by atoms with E-state index in [0.29, 0.717) is 0 Å². The third-order valence-corrected chi connectivity index (χ3v) is 5.70. The monoisotopic (exact) mass is 350 g/mol. The molecule has 0 radical (unpaired) electrons. The molecule has 1 aromatic heterocycles. The van der Waals surface area contributed by atoms with E-state index in [-0.39, 0.29) is 25.3 Å². The molecule has 0 bridgehead atoms. The maximum absolute atomic E-state index is 14.1. The van der Waals surface area contributed by atoms with Gasteiger partial charge >= 0.3 is 0 Å². The summed E-state index contributed by atoms with van der Waals surface area (Å²) in [5.41, 5.74) is 0.833. The molecule has 24 heavy (non-hydrogen) atoms. The minimum absolute atomic E-state index is 0.0710. The van der Waals surface area contributed by atoms with Gasteiger partial charge in [0.15, 0.2) is 0 Å². The standard InChI is InChI=1S/C15H15FN4O3S/c1-19-9-12(8-18-19)14-10-20(4-5-23-14)24(21,22)15-3-2-11(7-17)6-13(15)16/h2-3,6,8-9,14H,4-5,10H2,1H3. The van der Waals surface area contributed by atoms with E-state index in [0.717, 1.165) is 17.7 Å². The molecule has 1 unspecified atom stereocenters. The molecule has 0 spiro atoms. The molecule has 0 aliphatic carbocycles. The van der Waals surface area contributed by atoms with Crippen LogP contribution in [-0.2, 0) is 21.8 Å². The van der Waals surface area contributed by atoms with Gasteiger partial charge in [-0.25, -0.2) is 12.8 Å². The zero-order valence-electron chi connectivity index (χ0n) is 12.9. The molecule has 0 amide bonds. The fourth-order valence-corrected chi connectivity index (χ4v) is 4.04. The first-order chi connectivity index (χ1) is 11.4. The van der Waals surface area contributed by atoms with Gasteiger partial charge < -0.3 is 4.74 Å². The lowest BCUT2D eigenvalue weighted by atomic mass is 10.2. The number of hydrogen-bond acceptors (Lipinski definition) is 5. The van der Waals surface area contributed by atoms with Gasteiger partial charge in [-0.05, 0) is 18.2 Å². The van der Waals surface area contributed by atoms with Gasteiger partial charge in [0.05, 0.1) is 30.5 Å². The van der Waals surface area contributed by atoms with Gasteiger partial charge in [0.25, 0.3) is 0 Å². The summed E-state index contributed by atoms with van der Waals surface area (Å²) in [7, 11) is -2.25. The molecule has 1 aliphatic rings. The van der Waals surface area contributed by atoms with Crippen LogP contribution in [0.1, 0.15) is 17.2 Å². The number of aryl methyl sites for hydroxylation is 1. The summed E-state index contributed by atoms with van der Waals surface area (Å²) in [6, 6.07) is 5.11. The summed E-state index contributed by atoms with van der Waals surface area (Å²) >= 11 is 0. The van der Waals surface area contributed by atoms with E-state index in [4.69, 9.17) is 10.00 Å². The molecule has 2 heterocycles. The van der Waals surface area contributed by atoms with Crippen molar-refractivity contribution in [1.29, 1.82) is 5.26 Å². The summed E-state index contributed by atoms with van der Waals surface area (Å²) in [5.74, 6) is -0.932. The topological polar surface area (TPSA) is 88.2 Å². The zero-order chi connectivity index (χ0) is 17.3. The molecular weight excluding hydrogens is 335 g/mol. The van der Waals surface area contributed by atoms with Crippen LogP contribution < -0.4 is 0 Å². The van der Waals surface area contributed by atoms with E-state index in [9.17, 15) is 12.8 Å². The summed E-state index contributed by atoms with van der Waals surface area (Å²) in [4.78, 5) is -0.437. The third-order valence-electron chi connectivity index (χ3n) is 3.80. The van der Waals surface area contributed by atoms with Crippen LogP contribution in [0.25, 0.3) is 0 Å². The Balaban J connectivity index is 1.88. The second-order valence-electron chi connectivity index (χ2n) is 5.43. The van der Waals surface area contributed by atoms with Crippen molar-refractivity contribution in [1.82, 2.24) is 14.1 Å². The second kappa shape index (κ2) is 6.32. The van der Waals surface area contributed by atoms with Gasteiger partial charge in [-0.3, -0.25) is 4.68 Å². The van der Waals surface area contributed by atoms with Crippen LogP contribution >= 0.6 is 0 Å². The van der Waals surface area contributed by atoms with Gasteiger partial charge in [-0.15, -0.1) is 0 Å². The summed E-state index contributed by atoms with van der Waals surface area (Å²) in [5, 5.41) is 12.8. The predicted molar refractivity (Wildman–Crippen MR) is 81.8 cm³/mol. The number of hydrogen-bond donors (Lipinski definition) is 0. The lowest BCUT2D eigenvalue weighted by molar-refractivity contribution is -0.00264. The molecule has 1 saturated heterocycles. The van der Waals surface area contributed by atoms with Gasteiger partial charge in [-0.2, -0.15) is 14.7 Å². The first kappa shape index (κ1) is 16.6. The van der Waals surface area contributed by atoms with Crippen LogP contribution in [0.4, 0.5) is 4.39 Å². The van der Waals surface area contributed by atoms with Crippen LogP contribution in [0.5, 0.6) is 0 Å². The Morgan fingerprint density at radius 3 is 2.88 bits per heavy atom. The molecule has 9 heteroatoms. The fraction of sp³-hybridized carbons (Fsp3) is 0.333. The van der Waals surface area contributed by atoms with Crippen LogP contribution in [0.3, 0.4) is 0 Å². The largest absolute Gasteiger partial charge is 0.371 e. The van der Waals surface area contributed by atoms with E-state index in [1.165, 1.54) is 10.4 Å². The van der Waals surface area contributed by atoms with Gasteiger partial charge in [0, 0.05) is 31.9 Å². The highest BCUT2D eigenvalue weighted by molar-refractivity contribution is 7.89. The number of benzene rings is 1. The maximum atomic E-state index is 14.1. The van der Waals surface area contributed by atoms with E-state index < -0.39 is 26.8 Å². The average molecular weight is 350 g/mol. The highest BCUT2D eigenvalue weighted by atomic mass is 32.2. The second-order valence-corrected chi connectivity index (χ2v) is 7.33. The SMILES string of the molecule is Cn1cc(C2CN(S(=O)(=O)c3ccc(C#N)cc3F)CCO2)cn1. The number of nitrogens with zero attached hydrogens (tertiary/aromatic N) is 4. The third kappa shape index (κ3) is 3.03. The first-order valence-corrected chi connectivity index (χ1v) is 8.66. The van der Waals surface area contributed by atoms with Crippen molar-refractivity contribution in [2.24, 2.45) is 7.05 Å². The number of rotatable bonds is 3. The van der Waals surface area contributed by atoms with Crippen LogP contribution in [0.15, 0.2) is 35.5 Å². The number of ether oxygens (including phenoxy) is 1. The smallest absolute Gasteiger partial charge is 0.246 e. The van der Waals surface area contributed by atoms with Crippen molar-refractivity contribution in [2.45, 2.75) is 11.0 Å². The van der Waals surface area contributed by atoms with E-state index in [2.05, 4.69) is 5.10 Å². The molecule has 0 N–H and O–H groups in total.